The Morgan fingerprint density at radius 3 is 2.57 bits per heavy atom. The van der Waals surface area contributed by atoms with Crippen molar-refractivity contribution in [3.63, 3.8) is 0 Å². The summed E-state index contributed by atoms with van der Waals surface area (Å²) in [5.74, 6) is 1.98. The number of hydrogen-bond donors (Lipinski definition) is 1. The third kappa shape index (κ3) is 4.78. The molecule has 152 valence electrons. The largest absolute Gasteiger partial charge is 0.493 e. The lowest BCUT2D eigenvalue weighted by Gasteiger charge is -2.37. The first-order chi connectivity index (χ1) is 13.6. The van der Waals surface area contributed by atoms with Crippen molar-refractivity contribution in [3.8, 4) is 11.5 Å². The smallest absolute Gasteiger partial charge is 0.322 e. The Bertz CT molecular complexity index is 755. The number of carbonyl (C=O) groups is 1. The van der Waals surface area contributed by atoms with Crippen molar-refractivity contribution in [2.24, 2.45) is 0 Å². The number of carbonyl (C=O) groups excluding carboxylic acids is 1. The van der Waals surface area contributed by atoms with Crippen molar-refractivity contribution < 1.29 is 18.7 Å². The molecule has 3 rings (SSSR count). The third-order valence-corrected chi connectivity index (χ3v) is 5.25. The highest BCUT2D eigenvalue weighted by molar-refractivity contribution is 5.90. The Morgan fingerprint density at radius 2 is 1.96 bits per heavy atom. The minimum Gasteiger partial charge on any atom is -0.493 e. The van der Waals surface area contributed by atoms with Gasteiger partial charge in [0.2, 0.25) is 0 Å². The average Bonchev–Trinajstić information content (AvgIpc) is 3.25. The number of amides is 2. The highest BCUT2D eigenvalue weighted by Gasteiger charge is 2.28. The standard InChI is InChI=1S/C21H29N3O4/c1-4-23-11-9-17(10-12-23)24(15-18-6-5-13-28-18)21(25)22-16-7-8-19(26-2)20(14-16)27-3/h5-8,13-14,17H,4,9-12,15H2,1-3H3,(H,22,25). The van der Waals surface area contributed by atoms with Crippen LogP contribution >= 0.6 is 0 Å². The lowest BCUT2D eigenvalue weighted by Crippen LogP contribution is -2.48. The van der Waals surface area contributed by atoms with E-state index in [2.05, 4.69) is 17.1 Å². The summed E-state index contributed by atoms with van der Waals surface area (Å²) in [4.78, 5) is 17.4. The lowest BCUT2D eigenvalue weighted by molar-refractivity contribution is 0.121. The Labute approximate surface area is 166 Å². The molecule has 1 N–H and O–H groups in total. The van der Waals surface area contributed by atoms with Crippen LogP contribution in [0.1, 0.15) is 25.5 Å². The molecule has 1 fully saturated rings. The van der Waals surface area contributed by atoms with E-state index in [0.717, 1.165) is 38.2 Å². The maximum Gasteiger partial charge on any atom is 0.322 e. The van der Waals surface area contributed by atoms with Crippen LogP contribution in [0.2, 0.25) is 0 Å². The molecule has 7 nitrogen and oxygen atoms in total. The molecule has 1 aliphatic heterocycles. The molecule has 0 saturated carbocycles. The Balaban J connectivity index is 1.74. The number of hydrogen-bond acceptors (Lipinski definition) is 5. The molecule has 1 saturated heterocycles. The molecule has 1 aromatic heterocycles. The van der Waals surface area contributed by atoms with Crippen LogP contribution in [0.15, 0.2) is 41.0 Å². The highest BCUT2D eigenvalue weighted by atomic mass is 16.5. The maximum atomic E-state index is 13.1. The number of piperidine rings is 1. The molecule has 0 aliphatic carbocycles. The zero-order valence-electron chi connectivity index (χ0n) is 16.8. The zero-order chi connectivity index (χ0) is 19.9. The maximum absolute atomic E-state index is 13.1. The monoisotopic (exact) mass is 387 g/mol. The van der Waals surface area contributed by atoms with Crippen LogP contribution in [0.5, 0.6) is 11.5 Å². The van der Waals surface area contributed by atoms with Crippen molar-refractivity contribution in [3.05, 3.63) is 42.4 Å². The van der Waals surface area contributed by atoms with Gasteiger partial charge < -0.3 is 29.0 Å². The summed E-state index contributed by atoms with van der Waals surface area (Å²) < 4.78 is 16.1. The van der Waals surface area contributed by atoms with E-state index in [1.165, 1.54) is 0 Å². The Kier molecular flexibility index (Phi) is 6.81. The molecular weight excluding hydrogens is 358 g/mol. The normalized spacial score (nSPS) is 15.2. The highest BCUT2D eigenvalue weighted by Crippen LogP contribution is 2.30. The average molecular weight is 387 g/mol. The number of rotatable bonds is 7. The first kappa shape index (κ1) is 20.1. The van der Waals surface area contributed by atoms with Gasteiger partial charge >= 0.3 is 6.03 Å². The number of anilines is 1. The number of benzene rings is 1. The molecule has 0 radical (unpaired) electrons. The summed E-state index contributed by atoms with van der Waals surface area (Å²) in [5.41, 5.74) is 0.665. The van der Waals surface area contributed by atoms with Gasteiger partial charge in [0.15, 0.2) is 11.5 Å². The van der Waals surface area contributed by atoms with Crippen LogP contribution < -0.4 is 14.8 Å². The molecular formula is C21H29N3O4. The molecule has 2 aromatic rings. The second-order valence-corrected chi connectivity index (χ2v) is 6.87. The molecule has 2 amide bonds. The first-order valence-corrected chi connectivity index (χ1v) is 9.69. The van der Waals surface area contributed by atoms with Gasteiger partial charge in [-0.1, -0.05) is 6.92 Å². The molecule has 0 spiro atoms. The fourth-order valence-electron chi connectivity index (χ4n) is 3.59. The van der Waals surface area contributed by atoms with Crippen molar-refractivity contribution in [2.45, 2.75) is 32.4 Å². The van der Waals surface area contributed by atoms with E-state index in [9.17, 15) is 4.79 Å². The van der Waals surface area contributed by atoms with Gasteiger partial charge in [0.25, 0.3) is 0 Å². The fraction of sp³-hybridized carbons (Fsp3) is 0.476. The molecule has 2 heterocycles. The Morgan fingerprint density at radius 1 is 1.21 bits per heavy atom. The fourth-order valence-corrected chi connectivity index (χ4v) is 3.59. The summed E-state index contributed by atoms with van der Waals surface area (Å²) in [6.45, 7) is 5.66. The molecule has 0 bridgehead atoms. The lowest BCUT2D eigenvalue weighted by atomic mass is 10.0. The van der Waals surface area contributed by atoms with E-state index in [-0.39, 0.29) is 12.1 Å². The summed E-state index contributed by atoms with van der Waals surface area (Å²) >= 11 is 0. The topological polar surface area (TPSA) is 67.2 Å². The zero-order valence-corrected chi connectivity index (χ0v) is 16.8. The van der Waals surface area contributed by atoms with Crippen LogP contribution in [0.3, 0.4) is 0 Å². The van der Waals surface area contributed by atoms with E-state index in [1.807, 2.05) is 23.1 Å². The van der Waals surface area contributed by atoms with Crippen LogP contribution in [0, 0.1) is 0 Å². The summed E-state index contributed by atoms with van der Waals surface area (Å²) in [5, 5.41) is 3.00. The minimum absolute atomic E-state index is 0.140. The van der Waals surface area contributed by atoms with Gasteiger partial charge in [-0.15, -0.1) is 0 Å². The number of nitrogens with one attached hydrogen (secondary N) is 1. The second-order valence-electron chi connectivity index (χ2n) is 6.87. The SMILES string of the molecule is CCN1CCC(N(Cc2ccco2)C(=O)Nc2ccc(OC)c(OC)c2)CC1. The van der Waals surface area contributed by atoms with E-state index >= 15 is 0 Å². The van der Waals surface area contributed by atoms with Gasteiger partial charge in [-0.25, -0.2) is 4.79 Å². The van der Waals surface area contributed by atoms with Crippen molar-refractivity contribution in [1.29, 1.82) is 0 Å². The summed E-state index contributed by atoms with van der Waals surface area (Å²) in [6, 6.07) is 9.14. The van der Waals surface area contributed by atoms with E-state index in [4.69, 9.17) is 13.9 Å². The summed E-state index contributed by atoms with van der Waals surface area (Å²) in [7, 11) is 3.16. The van der Waals surface area contributed by atoms with Gasteiger partial charge in [-0.3, -0.25) is 0 Å². The number of nitrogens with zero attached hydrogens (tertiary/aromatic N) is 2. The minimum atomic E-state index is -0.140. The molecule has 28 heavy (non-hydrogen) atoms. The first-order valence-electron chi connectivity index (χ1n) is 9.69. The van der Waals surface area contributed by atoms with Gasteiger partial charge in [0.05, 0.1) is 27.0 Å². The number of ether oxygens (including phenoxy) is 2. The molecule has 1 aromatic carbocycles. The predicted octanol–water partition coefficient (Wildman–Crippen LogP) is 3.82. The van der Waals surface area contributed by atoms with Crippen molar-refractivity contribution >= 4 is 11.7 Å². The number of likely N-dealkylation sites (tertiary alicyclic amines) is 1. The van der Waals surface area contributed by atoms with Crippen LogP contribution in [-0.4, -0.2) is 55.7 Å². The summed E-state index contributed by atoms with van der Waals surface area (Å²) in [6.07, 6.45) is 3.54. The second kappa shape index (κ2) is 9.50. The molecule has 0 unspecified atom stereocenters. The molecule has 0 atom stereocenters. The van der Waals surface area contributed by atoms with Crippen LogP contribution in [0.25, 0.3) is 0 Å². The van der Waals surface area contributed by atoms with E-state index in [1.54, 1.807) is 32.6 Å². The van der Waals surface area contributed by atoms with E-state index in [0.29, 0.717) is 23.7 Å². The van der Waals surface area contributed by atoms with Crippen LogP contribution in [0.4, 0.5) is 10.5 Å². The number of urea groups is 1. The molecule has 1 aliphatic rings. The third-order valence-electron chi connectivity index (χ3n) is 5.25. The van der Waals surface area contributed by atoms with Crippen LogP contribution in [-0.2, 0) is 6.54 Å². The predicted molar refractivity (Wildman–Crippen MR) is 108 cm³/mol. The molecule has 7 heteroatoms. The van der Waals surface area contributed by atoms with Crippen molar-refractivity contribution in [2.75, 3.05) is 39.2 Å². The van der Waals surface area contributed by atoms with E-state index < -0.39 is 0 Å². The van der Waals surface area contributed by atoms with Gasteiger partial charge in [0, 0.05) is 30.9 Å². The Hall–Kier alpha value is -2.67. The van der Waals surface area contributed by atoms with Crippen molar-refractivity contribution in [1.82, 2.24) is 9.80 Å². The number of methoxy groups -OCH3 is 2. The number of furan rings is 1. The quantitative estimate of drug-likeness (QED) is 0.782. The van der Waals surface area contributed by atoms with Gasteiger partial charge in [-0.2, -0.15) is 0 Å². The van der Waals surface area contributed by atoms with Gasteiger partial charge in [0.1, 0.15) is 5.76 Å². The van der Waals surface area contributed by atoms with Gasteiger partial charge in [-0.05, 0) is 43.7 Å².